The summed E-state index contributed by atoms with van der Waals surface area (Å²) in [6.45, 7) is 6.95. The molecular formula is C20H21N5O4S2. The van der Waals surface area contributed by atoms with Gasteiger partial charge in [-0.3, -0.25) is 9.59 Å². The molecule has 0 aliphatic heterocycles. The van der Waals surface area contributed by atoms with E-state index in [9.17, 15) is 14.4 Å². The molecule has 0 spiro atoms. The Bertz CT molecular complexity index is 1120. The molecule has 0 radical (unpaired) electrons. The van der Waals surface area contributed by atoms with Crippen molar-refractivity contribution in [2.75, 3.05) is 17.7 Å². The number of esters is 1. The average Bonchev–Trinajstić information content (AvgIpc) is 3.31. The lowest BCUT2D eigenvalue weighted by atomic mass is 10.1. The Morgan fingerprint density at radius 3 is 2.55 bits per heavy atom. The molecule has 162 valence electrons. The number of hydrogen-bond donors (Lipinski definition) is 1. The summed E-state index contributed by atoms with van der Waals surface area (Å²) in [5.74, 6) is -1.10. The van der Waals surface area contributed by atoms with E-state index in [0.29, 0.717) is 20.6 Å². The van der Waals surface area contributed by atoms with Gasteiger partial charge in [-0.2, -0.15) is 4.68 Å². The lowest BCUT2D eigenvalue weighted by molar-refractivity contribution is -0.113. The van der Waals surface area contributed by atoms with E-state index in [1.165, 1.54) is 6.92 Å². The lowest BCUT2D eigenvalue weighted by Gasteiger charge is -2.07. The van der Waals surface area contributed by atoms with Crippen molar-refractivity contribution in [2.45, 2.75) is 32.9 Å². The molecule has 31 heavy (non-hydrogen) atoms. The fraction of sp³-hybridized carbons (Fsp3) is 0.300. The van der Waals surface area contributed by atoms with Crippen molar-refractivity contribution in [1.82, 2.24) is 20.2 Å². The van der Waals surface area contributed by atoms with Crippen LogP contribution >= 0.6 is 23.1 Å². The van der Waals surface area contributed by atoms with Gasteiger partial charge in [0, 0.05) is 0 Å². The van der Waals surface area contributed by atoms with E-state index in [2.05, 4.69) is 20.8 Å². The van der Waals surface area contributed by atoms with E-state index in [1.54, 1.807) is 18.5 Å². The highest BCUT2D eigenvalue weighted by molar-refractivity contribution is 7.99. The van der Waals surface area contributed by atoms with Gasteiger partial charge in [0.25, 0.3) is 0 Å². The number of anilines is 1. The van der Waals surface area contributed by atoms with Gasteiger partial charge in [-0.1, -0.05) is 29.5 Å². The van der Waals surface area contributed by atoms with Gasteiger partial charge in [0.1, 0.15) is 5.00 Å². The highest BCUT2D eigenvalue weighted by atomic mass is 32.2. The first-order valence-electron chi connectivity index (χ1n) is 9.41. The number of carbonyl (C=O) groups is 3. The number of tetrazole rings is 1. The number of amides is 1. The van der Waals surface area contributed by atoms with E-state index >= 15 is 0 Å². The minimum absolute atomic E-state index is 0.0147. The Hall–Kier alpha value is -3.05. The SMILES string of the molecule is CCOC(=O)c1c(NC(=O)CSc2nnnn2-c2ccc(C)cc2)sc(C(C)=O)c1C. The van der Waals surface area contributed by atoms with Gasteiger partial charge in [-0.25, -0.2) is 4.79 Å². The summed E-state index contributed by atoms with van der Waals surface area (Å²) < 4.78 is 6.63. The van der Waals surface area contributed by atoms with E-state index in [-0.39, 0.29) is 29.6 Å². The first-order valence-corrected chi connectivity index (χ1v) is 11.2. The predicted molar refractivity (Wildman–Crippen MR) is 118 cm³/mol. The number of thiophene rings is 1. The van der Waals surface area contributed by atoms with Crippen LogP contribution in [0.2, 0.25) is 0 Å². The highest BCUT2D eigenvalue weighted by Crippen LogP contribution is 2.34. The number of nitrogens with one attached hydrogen (secondary N) is 1. The second-order valence-electron chi connectivity index (χ2n) is 6.58. The monoisotopic (exact) mass is 459 g/mol. The van der Waals surface area contributed by atoms with Crippen molar-refractivity contribution in [1.29, 1.82) is 0 Å². The van der Waals surface area contributed by atoms with Gasteiger partial charge >= 0.3 is 5.97 Å². The second kappa shape index (κ2) is 9.84. The lowest BCUT2D eigenvalue weighted by Crippen LogP contribution is -2.17. The molecular weight excluding hydrogens is 438 g/mol. The number of nitrogens with zero attached hydrogens (tertiary/aromatic N) is 4. The molecule has 0 saturated heterocycles. The number of thioether (sulfide) groups is 1. The molecule has 0 saturated carbocycles. The van der Waals surface area contributed by atoms with Gasteiger partial charge in [0.2, 0.25) is 11.1 Å². The van der Waals surface area contributed by atoms with Gasteiger partial charge in [0.05, 0.1) is 28.5 Å². The van der Waals surface area contributed by atoms with E-state index < -0.39 is 5.97 Å². The zero-order chi connectivity index (χ0) is 22.5. The number of hydrogen-bond acceptors (Lipinski definition) is 9. The summed E-state index contributed by atoms with van der Waals surface area (Å²) in [7, 11) is 0. The fourth-order valence-corrected chi connectivity index (χ4v) is 4.59. The first-order chi connectivity index (χ1) is 14.8. The third-order valence-electron chi connectivity index (χ3n) is 4.25. The van der Waals surface area contributed by atoms with Gasteiger partial charge < -0.3 is 10.1 Å². The van der Waals surface area contributed by atoms with Crippen molar-refractivity contribution in [3.05, 3.63) is 45.8 Å². The Balaban J connectivity index is 1.74. The van der Waals surface area contributed by atoms with Gasteiger partial charge in [0.15, 0.2) is 5.78 Å². The van der Waals surface area contributed by atoms with E-state index in [4.69, 9.17) is 4.74 Å². The Morgan fingerprint density at radius 2 is 1.90 bits per heavy atom. The summed E-state index contributed by atoms with van der Waals surface area (Å²) in [5.41, 5.74) is 2.60. The predicted octanol–water partition coefficient (Wildman–Crippen LogP) is 3.45. The highest BCUT2D eigenvalue weighted by Gasteiger charge is 2.25. The maximum atomic E-state index is 12.6. The zero-order valence-corrected chi connectivity index (χ0v) is 19.1. The Labute approximate surface area is 187 Å². The van der Waals surface area contributed by atoms with Crippen LogP contribution in [0.5, 0.6) is 0 Å². The standard InChI is InChI=1S/C20H21N5O4S2/c1-5-29-19(28)16-12(3)17(13(4)26)31-18(16)21-15(27)10-30-20-22-23-24-25(20)14-8-6-11(2)7-9-14/h6-9H,5,10H2,1-4H3,(H,21,27). The van der Waals surface area contributed by atoms with Crippen LogP contribution in [0.25, 0.3) is 5.69 Å². The minimum atomic E-state index is -0.574. The molecule has 9 nitrogen and oxygen atoms in total. The molecule has 0 aliphatic carbocycles. The normalized spacial score (nSPS) is 10.7. The molecule has 0 atom stereocenters. The van der Waals surface area contributed by atoms with Crippen molar-refractivity contribution in [3.8, 4) is 5.69 Å². The van der Waals surface area contributed by atoms with E-state index in [0.717, 1.165) is 34.3 Å². The molecule has 0 aliphatic rings. The number of aryl methyl sites for hydroxylation is 1. The van der Waals surface area contributed by atoms with Crippen LogP contribution in [-0.2, 0) is 9.53 Å². The number of benzene rings is 1. The number of rotatable bonds is 8. The summed E-state index contributed by atoms with van der Waals surface area (Å²) in [4.78, 5) is 37.2. The van der Waals surface area contributed by atoms with Crippen LogP contribution in [0, 0.1) is 13.8 Å². The maximum Gasteiger partial charge on any atom is 0.341 e. The Kier molecular flexibility index (Phi) is 7.18. The molecule has 2 heterocycles. The van der Waals surface area contributed by atoms with Crippen molar-refractivity contribution < 1.29 is 19.1 Å². The number of aromatic nitrogens is 4. The summed E-state index contributed by atoms with van der Waals surface area (Å²) in [5, 5.41) is 15.1. The summed E-state index contributed by atoms with van der Waals surface area (Å²) in [6, 6.07) is 7.67. The summed E-state index contributed by atoms with van der Waals surface area (Å²) >= 11 is 2.22. The van der Waals surface area contributed by atoms with Crippen LogP contribution in [0.4, 0.5) is 5.00 Å². The third kappa shape index (κ3) is 5.17. The van der Waals surface area contributed by atoms with Crippen molar-refractivity contribution in [2.24, 2.45) is 0 Å². The minimum Gasteiger partial charge on any atom is -0.462 e. The third-order valence-corrected chi connectivity index (χ3v) is 6.48. The first kappa shape index (κ1) is 22.6. The zero-order valence-electron chi connectivity index (χ0n) is 17.5. The fourth-order valence-electron chi connectivity index (χ4n) is 2.80. The van der Waals surface area contributed by atoms with Gasteiger partial charge in [-0.15, -0.1) is 16.4 Å². The van der Waals surface area contributed by atoms with Crippen molar-refractivity contribution in [3.63, 3.8) is 0 Å². The van der Waals surface area contributed by atoms with E-state index in [1.807, 2.05) is 31.2 Å². The number of Topliss-reactive ketones (excluding diaryl/α,β-unsaturated/α-hetero) is 1. The number of carbonyl (C=O) groups excluding carboxylic acids is 3. The molecule has 0 unspecified atom stereocenters. The quantitative estimate of drug-likeness (QED) is 0.309. The Morgan fingerprint density at radius 1 is 1.19 bits per heavy atom. The summed E-state index contributed by atoms with van der Waals surface area (Å²) in [6.07, 6.45) is 0. The largest absolute Gasteiger partial charge is 0.462 e. The molecule has 0 bridgehead atoms. The smallest absolute Gasteiger partial charge is 0.341 e. The number of ether oxygens (including phenoxy) is 1. The van der Waals surface area contributed by atoms with Crippen LogP contribution in [0.3, 0.4) is 0 Å². The topological polar surface area (TPSA) is 116 Å². The second-order valence-corrected chi connectivity index (χ2v) is 8.55. The molecule has 2 aromatic heterocycles. The maximum absolute atomic E-state index is 12.6. The average molecular weight is 460 g/mol. The van der Waals surface area contributed by atoms with Crippen LogP contribution in [0.15, 0.2) is 29.4 Å². The molecule has 1 N–H and O–H groups in total. The molecule has 3 rings (SSSR count). The molecule has 1 aromatic carbocycles. The van der Waals surface area contributed by atoms with Crippen LogP contribution in [-0.4, -0.2) is 50.2 Å². The van der Waals surface area contributed by atoms with Crippen molar-refractivity contribution >= 4 is 45.8 Å². The molecule has 1 amide bonds. The molecule has 11 heteroatoms. The molecule has 0 fully saturated rings. The van der Waals surface area contributed by atoms with Gasteiger partial charge in [-0.05, 0) is 55.8 Å². The molecule has 3 aromatic rings. The van der Waals surface area contributed by atoms with Crippen LogP contribution in [0.1, 0.15) is 45.0 Å². The number of ketones is 1. The van der Waals surface area contributed by atoms with Crippen LogP contribution < -0.4 is 5.32 Å².